The first kappa shape index (κ1) is 22.4. The van der Waals surface area contributed by atoms with Crippen LogP contribution in [0.2, 0.25) is 0 Å². The number of aromatic nitrogens is 2. The standard InChI is InChI=1S/C26H21FN4O4/c27-19-8-6-17(7-9-19)16-35-24-20(23(34)26(14-22(32)33)11-3-12-29-26)15-28-25(30-24)31-13-10-18-4-1-2-5-21(18)31/h1-9,11-12,15H,10,13-14,16H2,(H,32,33). The third-order valence-corrected chi connectivity index (χ3v) is 5.98. The van der Waals surface area contributed by atoms with Gasteiger partial charge in [0.2, 0.25) is 17.6 Å². The summed E-state index contributed by atoms with van der Waals surface area (Å²) in [6.45, 7) is 0.693. The molecule has 1 N–H and O–H groups in total. The smallest absolute Gasteiger partial charge is 0.306 e. The number of nitrogens with zero attached hydrogens (tertiary/aromatic N) is 4. The van der Waals surface area contributed by atoms with E-state index in [4.69, 9.17) is 4.74 Å². The highest BCUT2D eigenvalue weighted by Crippen LogP contribution is 2.35. The van der Waals surface area contributed by atoms with Crippen LogP contribution in [0.3, 0.4) is 0 Å². The van der Waals surface area contributed by atoms with Crippen LogP contribution in [0.15, 0.2) is 71.9 Å². The van der Waals surface area contributed by atoms with E-state index in [9.17, 15) is 19.1 Å². The number of carbonyl (C=O) groups excluding carboxylic acids is 1. The van der Waals surface area contributed by atoms with Crippen molar-refractivity contribution in [3.05, 3.63) is 89.4 Å². The van der Waals surface area contributed by atoms with Gasteiger partial charge in [0.15, 0.2) is 5.54 Å². The topological polar surface area (TPSA) is 105 Å². The summed E-state index contributed by atoms with van der Waals surface area (Å²) in [5, 5.41) is 9.40. The maximum Gasteiger partial charge on any atom is 0.306 e. The molecule has 2 aliphatic heterocycles. The van der Waals surface area contributed by atoms with Crippen LogP contribution in [0.5, 0.6) is 5.88 Å². The van der Waals surface area contributed by atoms with Crippen LogP contribution in [-0.2, 0) is 17.8 Å². The number of allylic oxidation sites excluding steroid dienone is 1. The molecular formula is C26H21FN4O4. The summed E-state index contributed by atoms with van der Waals surface area (Å²) < 4.78 is 19.2. The second-order valence-corrected chi connectivity index (χ2v) is 8.30. The first-order valence-corrected chi connectivity index (χ1v) is 11.0. The lowest BCUT2D eigenvalue weighted by molar-refractivity contribution is -0.137. The molecule has 1 aromatic heterocycles. The molecule has 0 amide bonds. The Morgan fingerprint density at radius 2 is 1.94 bits per heavy atom. The summed E-state index contributed by atoms with van der Waals surface area (Å²) >= 11 is 0. The number of anilines is 2. The molecule has 8 nitrogen and oxygen atoms in total. The number of benzene rings is 2. The van der Waals surface area contributed by atoms with E-state index in [0.717, 1.165) is 17.7 Å². The van der Waals surface area contributed by atoms with Crippen LogP contribution >= 0.6 is 0 Å². The largest absolute Gasteiger partial charge is 0.481 e. The monoisotopic (exact) mass is 472 g/mol. The van der Waals surface area contributed by atoms with Gasteiger partial charge in [-0.3, -0.25) is 14.6 Å². The number of hydrogen-bond acceptors (Lipinski definition) is 7. The van der Waals surface area contributed by atoms with Crippen LogP contribution in [0, 0.1) is 5.82 Å². The fourth-order valence-electron chi connectivity index (χ4n) is 4.24. The number of hydrogen-bond donors (Lipinski definition) is 1. The number of carbonyl (C=O) groups is 2. The molecule has 1 atom stereocenters. The second kappa shape index (κ2) is 9.09. The van der Waals surface area contributed by atoms with Gasteiger partial charge in [-0.2, -0.15) is 4.98 Å². The molecule has 3 heterocycles. The molecule has 0 spiro atoms. The Kier molecular flexibility index (Phi) is 5.82. The van der Waals surface area contributed by atoms with Crippen molar-refractivity contribution in [2.75, 3.05) is 11.4 Å². The van der Waals surface area contributed by atoms with Crippen LogP contribution in [-0.4, -0.2) is 45.1 Å². The fraction of sp³-hybridized carbons (Fsp3) is 0.192. The SMILES string of the molecule is O=C(O)CC1(C(=O)c2cnc(N3CCc4ccccc43)nc2OCc2ccc(F)cc2)C=CC=N1. The number of carboxylic acid groups (broad SMARTS) is 1. The van der Waals surface area contributed by atoms with Crippen molar-refractivity contribution >= 4 is 29.6 Å². The molecule has 0 saturated heterocycles. The van der Waals surface area contributed by atoms with Crippen molar-refractivity contribution in [1.29, 1.82) is 0 Å². The van der Waals surface area contributed by atoms with Crippen LogP contribution in [0.25, 0.3) is 0 Å². The highest BCUT2D eigenvalue weighted by atomic mass is 19.1. The number of fused-ring (bicyclic) bond motifs is 1. The summed E-state index contributed by atoms with van der Waals surface area (Å²) in [4.78, 5) is 40.2. The van der Waals surface area contributed by atoms with Crippen molar-refractivity contribution in [3.63, 3.8) is 0 Å². The number of ketones is 1. The van der Waals surface area contributed by atoms with Crippen molar-refractivity contribution in [1.82, 2.24) is 9.97 Å². The molecular weight excluding hydrogens is 451 g/mol. The molecule has 2 aliphatic rings. The van der Waals surface area contributed by atoms with Crippen LogP contribution in [0.4, 0.5) is 16.0 Å². The molecule has 0 bridgehead atoms. The number of Topliss-reactive ketones (excluding diaryl/α,β-unsaturated/α-hetero) is 1. The summed E-state index contributed by atoms with van der Waals surface area (Å²) in [6.07, 6.45) is 6.06. The number of halogens is 1. The van der Waals surface area contributed by atoms with E-state index >= 15 is 0 Å². The molecule has 0 fully saturated rings. The van der Waals surface area contributed by atoms with E-state index < -0.39 is 23.7 Å². The summed E-state index contributed by atoms with van der Waals surface area (Å²) in [5.74, 6) is -1.75. The predicted octanol–water partition coefficient (Wildman–Crippen LogP) is 3.93. The fourth-order valence-corrected chi connectivity index (χ4v) is 4.24. The molecule has 0 radical (unpaired) electrons. The zero-order chi connectivity index (χ0) is 24.4. The van der Waals surface area contributed by atoms with Crippen molar-refractivity contribution < 1.29 is 23.8 Å². The first-order chi connectivity index (χ1) is 16.9. The van der Waals surface area contributed by atoms with Gasteiger partial charge >= 0.3 is 5.97 Å². The Morgan fingerprint density at radius 3 is 2.69 bits per heavy atom. The zero-order valence-corrected chi connectivity index (χ0v) is 18.6. The molecule has 1 unspecified atom stereocenters. The van der Waals surface area contributed by atoms with Crippen molar-refractivity contribution in [3.8, 4) is 5.88 Å². The van der Waals surface area contributed by atoms with Gasteiger partial charge in [-0.25, -0.2) is 9.37 Å². The molecule has 0 aliphatic carbocycles. The number of aliphatic imine (C=N–C) groups is 1. The average Bonchev–Trinajstić information content (AvgIpc) is 3.51. The maximum absolute atomic E-state index is 13.6. The number of rotatable bonds is 8. The molecule has 9 heteroatoms. The van der Waals surface area contributed by atoms with Gasteiger partial charge in [0.05, 0.1) is 6.42 Å². The quantitative estimate of drug-likeness (QED) is 0.496. The number of aliphatic carboxylic acids is 1. The Bertz CT molecular complexity index is 1340. The number of para-hydroxylation sites is 1. The van der Waals surface area contributed by atoms with Crippen molar-refractivity contribution in [2.45, 2.75) is 25.0 Å². The Balaban J connectivity index is 1.52. The third-order valence-electron chi connectivity index (χ3n) is 5.98. The number of ether oxygens (including phenoxy) is 1. The lowest BCUT2D eigenvalue weighted by atomic mass is 9.88. The summed E-state index contributed by atoms with van der Waals surface area (Å²) in [5.41, 5.74) is 1.24. The molecule has 35 heavy (non-hydrogen) atoms. The van der Waals surface area contributed by atoms with Crippen molar-refractivity contribution in [2.24, 2.45) is 4.99 Å². The number of carboxylic acids is 1. The van der Waals surface area contributed by atoms with Gasteiger partial charge in [-0.15, -0.1) is 0 Å². The predicted molar refractivity (Wildman–Crippen MR) is 127 cm³/mol. The van der Waals surface area contributed by atoms with E-state index in [1.54, 1.807) is 12.1 Å². The Labute approximate surface area is 200 Å². The van der Waals surface area contributed by atoms with Gasteiger partial charge in [0.1, 0.15) is 18.0 Å². The van der Waals surface area contributed by atoms with Crippen LogP contribution in [0.1, 0.15) is 27.9 Å². The van der Waals surface area contributed by atoms with E-state index in [1.165, 1.54) is 36.7 Å². The highest BCUT2D eigenvalue weighted by Gasteiger charge is 2.41. The lowest BCUT2D eigenvalue weighted by Crippen LogP contribution is -2.36. The normalized spacial score (nSPS) is 18.0. The average molecular weight is 472 g/mol. The highest BCUT2D eigenvalue weighted by molar-refractivity contribution is 6.10. The van der Waals surface area contributed by atoms with E-state index in [1.807, 2.05) is 29.2 Å². The summed E-state index contributed by atoms with van der Waals surface area (Å²) in [6, 6.07) is 13.7. The Morgan fingerprint density at radius 1 is 1.14 bits per heavy atom. The minimum atomic E-state index is -1.59. The second-order valence-electron chi connectivity index (χ2n) is 8.30. The van der Waals surface area contributed by atoms with Gasteiger partial charge < -0.3 is 14.7 Å². The minimum absolute atomic E-state index is 0.00831. The van der Waals surface area contributed by atoms with Gasteiger partial charge in [0.25, 0.3) is 0 Å². The van der Waals surface area contributed by atoms with Gasteiger partial charge in [-0.1, -0.05) is 30.3 Å². The third kappa shape index (κ3) is 4.40. The van der Waals surface area contributed by atoms with E-state index in [-0.39, 0.29) is 23.9 Å². The lowest BCUT2D eigenvalue weighted by Gasteiger charge is -2.23. The van der Waals surface area contributed by atoms with Gasteiger partial charge in [0, 0.05) is 24.6 Å². The molecule has 176 valence electrons. The molecule has 0 saturated carbocycles. The Hall–Kier alpha value is -4.40. The first-order valence-electron chi connectivity index (χ1n) is 11.0. The molecule has 5 rings (SSSR count). The van der Waals surface area contributed by atoms with Crippen LogP contribution < -0.4 is 9.64 Å². The maximum atomic E-state index is 13.6. The molecule has 2 aromatic carbocycles. The summed E-state index contributed by atoms with van der Waals surface area (Å²) in [7, 11) is 0. The zero-order valence-electron chi connectivity index (χ0n) is 18.6. The van der Waals surface area contributed by atoms with Gasteiger partial charge in [-0.05, 0) is 47.9 Å². The van der Waals surface area contributed by atoms with E-state index in [2.05, 4.69) is 15.0 Å². The van der Waals surface area contributed by atoms with E-state index in [0.29, 0.717) is 18.1 Å². The molecule has 3 aromatic rings. The minimum Gasteiger partial charge on any atom is -0.481 e.